The molecular weight excluding hydrogens is 376 g/mol. The van der Waals surface area contributed by atoms with Crippen molar-refractivity contribution in [3.63, 3.8) is 0 Å². The number of piperazine rings is 1. The highest BCUT2D eigenvalue weighted by Crippen LogP contribution is 2.19. The predicted octanol–water partition coefficient (Wildman–Crippen LogP) is 1.40. The van der Waals surface area contributed by atoms with Crippen molar-refractivity contribution < 1.29 is 4.74 Å². The highest BCUT2D eigenvalue weighted by Gasteiger charge is 2.20. The van der Waals surface area contributed by atoms with Crippen molar-refractivity contribution in [2.75, 3.05) is 50.5 Å². The fourth-order valence-electron chi connectivity index (χ4n) is 3.38. The molecule has 0 amide bonds. The molecule has 0 N–H and O–H groups in total. The van der Waals surface area contributed by atoms with E-state index in [-0.39, 0.29) is 11.2 Å². The highest BCUT2D eigenvalue weighted by atomic mass is 32.2. The van der Waals surface area contributed by atoms with E-state index >= 15 is 0 Å². The number of thioether (sulfide) groups is 1. The predicted molar refractivity (Wildman–Crippen MR) is 114 cm³/mol. The summed E-state index contributed by atoms with van der Waals surface area (Å²) in [6, 6.07) is 9.72. The Kier molecular flexibility index (Phi) is 6.85. The molecule has 0 saturated carbocycles. The van der Waals surface area contributed by atoms with Gasteiger partial charge in [-0.05, 0) is 36.9 Å². The van der Waals surface area contributed by atoms with Crippen LogP contribution in [0.4, 0.5) is 5.82 Å². The van der Waals surface area contributed by atoms with Crippen LogP contribution in [-0.2, 0) is 14.1 Å². The maximum atomic E-state index is 12.1. The minimum Gasteiger partial charge on any atom is -0.494 e. The Morgan fingerprint density at radius 1 is 1.00 bits per heavy atom. The second-order valence-corrected chi connectivity index (χ2v) is 7.83. The van der Waals surface area contributed by atoms with Crippen molar-refractivity contribution >= 4 is 17.6 Å². The molecule has 0 aliphatic carbocycles. The van der Waals surface area contributed by atoms with Crippen molar-refractivity contribution in [3.8, 4) is 5.75 Å². The Labute approximate surface area is 169 Å². The van der Waals surface area contributed by atoms with Gasteiger partial charge < -0.3 is 9.64 Å². The minimum atomic E-state index is -0.285. The molecular formula is C20H28N4O3S. The van der Waals surface area contributed by atoms with Gasteiger partial charge in [0.25, 0.3) is 5.56 Å². The van der Waals surface area contributed by atoms with Gasteiger partial charge in [-0.3, -0.25) is 18.8 Å². The van der Waals surface area contributed by atoms with Gasteiger partial charge in [0.2, 0.25) is 0 Å². The third-order valence-electron chi connectivity index (χ3n) is 5.14. The van der Waals surface area contributed by atoms with Gasteiger partial charge in [-0.2, -0.15) is 0 Å². The van der Waals surface area contributed by atoms with E-state index in [1.54, 1.807) is 29.4 Å². The Morgan fingerprint density at radius 3 is 2.32 bits per heavy atom. The van der Waals surface area contributed by atoms with Gasteiger partial charge in [-0.25, -0.2) is 4.79 Å². The van der Waals surface area contributed by atoms with Crippen LogP contribution in [0.5, 0.6) is 5.75 Å². The first kappa shape index (κ1) is 20.5. The summed E-state index contributed by atoms with van der Waals surface area (Å²) in [5.74, 6) is 1.61. The second kappa shape index (κ2) is 9.34. The van der Waals surface area contributed by atoms with E-state index < -0.39 is 0 Å². The lowest BCUT2D eigenvalue weighted by Crippen LogP contribution is -2.49. The summed E-state index contributed by atoms with van der Waals surface area (Å²) in [5, 5.41) is 0. The molecule has 0 spiro atoms. The Morgan fingerprint density at radius 2 is 1.68 bits per heavy atom. The summed E-state index contributed by atoms with van der Waals surface area (Å²) >= 11 is 1.72. The molecule has 28 heavy (non-hydrogen) atoms. The maximum Gasteiger partial charge on any atom is 0.332 e. The number of hydrogen-bond acceptors (Lipinski definition) is 6. The third-order valence-corrected chi connectivity index (χ3v) is 5.89. The molecule has 1 aromatic carbocycles. The smallest absolute Gasteiger partial charge is 0.332 e. The molecule has 3 rings (SSSR count). The summed E-state index contributed by atoms with van der Waals surface area (Å²) < 4.78 is 8.50. The fourth-order valence-corrected chi connectivity index (χ4v) is 3.78. The van der Waals surface area contributed by atoms with Crippen molar-refractivity contribution in [2.24, 2.45) is 14.1 Å². The molecule has 0 bridgehead atoms. The number of rotatable bonds is 7. The van der Waals surface area contributed by atoms with Crippen molar-refractivity contribution in [3.05, 3.63) is 51.2 Å². The molecule has 1 saturated heterocycles. The van der Waals surface area contributed by atoms with Crippen LogP contribution in [0.3, 0.4) is 0 Å². The number of nitrogens with zero attached hydrogens (tertiary/aromatic N) is 4. The zero-order valence-corrected chi connectivity index (χ0v) is 17.6. The Hall–Kier alpha value is -2.19. The average Bonchev–Trinajstić information content (AvgIpc) is 2.73. The molecule has 0 atom stereocenters. The van der Waals surface area contributed by atoms with E-state index in [0.29, 0.717) is 12.4 Å². The number of benzene rings is 1. The largest absolute Gasteiger partial charge is 0.494 e. The van der Waals surface area contributed by atoms with Gasteiger partial charge in [-0.15, -0.1) is 11.8 Å². The van der Waals surface area contributed by atoms with Gasteiger partial charge in [0.1, 0.15) is 11.6 Å². The molecule has 7 nitrogen and oxygen atoms in total. The van der Waals surface area contributed by atoms with Crippen LogP contribution in [0, 0.1) is 0 Å². The van der Waals surface area contributed by atoms with Crippen molar-refractivity contribution in [2.45, 2.75) is 11.3 Å². The number of anilines is 1. The molecule has 2 aromatic rings. The molecule has 2 heterocycles. The summed E-state index contributed by atoms with van der Waals surface area (Å²) in [6.45, 7) is 5.10. The lowest BCUT2D eigenvalue weighted by Gasteiger charge is -2.36. The maximum absolute atomic E-state index is 12.1. The number of aromatic nitrogens is 2. The van der Waals surface area contributed by atoms with Crippen LogP contribution in [0.2, 0.25) is 0 Å². The molecule has 1 aromatic heterocycles. The van der Waals surface area contributed by atoms with E-state index in [4.69, 9.17) is 4.74 Å². The SMILES string of the molecule is CSc1ccc(OCCCN2CCN(c3cc(=O)n(C)c(=O)n3C)CC2)cc1. The number of hydrogen-bond donors (Lipinski definition) is 0. The van der Waals surface area contributed by atoms with Crippen molar-refractivity contribution in [1.82, 2.24) is 14.0 Å². The topological polar surface area (TPSA) is 59.7 Å². The van der Waals surface area contributed by atoms with Crippen LogP contribution in [0.15, 0.2) is 44.8 Å². The first-order valence-electron chi connectivity index (χ1n) is 9.51. The monoisotopic (exact) mass is 404 g/mol. The van der Waals surface area contributed by atoms with Crippen LogP contribution in [-0.4, -0.2) is 59.6 Å². The molecule has 152 valence electrons. The van der Waals surface area contributed by atoms with Crippen LogP contribution >= 0.6 is 11.8 Å². The molecule has 8 heteroatoms. The standard InChI is InChI=1S/C20H28N4O3S/c1-21-18(15-19(25)22(2)20(21)26)24-12-10-23(11-13-24)9-4-14-27-16-5-7-17(28-3)8-6-16/h5-8,15H,4,9-14H2,1-3H3. The summed E-state index contributed by atoms with van der Waals surface area (Å²) in [4.78, 5) is 29.8. The molecule has 0 unspecified atom stereocenters. The quantitative estimate of drug-likeness (QED) is 0.514. The minimum absolute atomic E-state index is 0.261. The molecule has 1 aliphatic rings. The zero-order valence-electron chi connectivity index (χ0n) is 16.8. The second-order valence-electron chi connectivity index (χ2n) is 6.95. The highest BCUT2D eigenvalue weighted by molar-refractivity contribution is 7.98. The Bertz CT molecular complexity index is 899. The first-order valence-corrected chi connectivity index (χ1v) is 10.7. The van der Waals surface area contributed by atoms with Crippen LogP contribution in [0.1, 0.15) is 6.42 Å². The van der Waals surface area contributed by atoms with Crippen LogP contribution in [0.25, 0.3) is 0 Å². The molecule has 1 aliphatic heterocycles. The van der Waals surface area contributed by atoms with Gasteiger partial charge in [0.05, 0.1) is 6.61 Å². The number of ether oxygens (including phenoxy) is 1. The first-order chi connectivity index (χ1) is 13.5. The Balaban J connectivity index is 1.44. The molecule has 1 fully saturated rings. The van der Waals surface area contributed by atoms with E-state index in [9.17, 15) is 9.59 Å². The third kappa shape index (κ3) is 4.80. The lowest BCUT2D eigenvalue weighted by atomic mass is 10.3. The zero-order chi connectivity index (χ0) is 20.1. The normalized spacial score (nSPS) is 15.0. The van der Waals surface area contributed by atoms with Gasteiger partial charge in [0.15, 0.2) is 0 Å². The average molecular weight is 405 g/mol. The van der Waals surface area contributed by atoms with E-state index in [2.05, 4.69) is 28.2 Å². The van der Waals surface area contributed by atoms with Crippen LogP contribution < -0.4 is 20.9 Å². The van der Waals surface area contributed by atoms with Gasteiger partial charge in [-0.1, -0.05) is 0 Å². The lowest BCUT2D eigenvalue weighted by molar-refractivity contribution is 0.224. The van der Waals surface area contributed by atoms with E-state index in [1.165, 1.54) is 11.9 Å². The summed E-state index contributed by atoms with van der Waals surface area (Å²) in [5.41, 5.74) is -0.545. The summed E-state index contributed by atoms with van der Waals surface area (Å²) in [7, 11) is 3.22. The van der Waals surface area contributed by atoms with E-state index in [0.717, 1.165) is 49.5 Å². The van der Waals surface area contributed by atoms with E-state index in [1.807, 2.05) is 12.1 Å². The molecule has 0 radical (unpaired) electrons. The van der Waals surface area contributed by atoms with Gasteiger partial charge >= 0.3 is 5.69 Å². The van der Waals surface area contributed by atoms with Gasteiger partial charge in [0, 0.05) is 57.8 Å². The summed E-state index contributed by atoms with van der Waals surface area (Å²) in [6.07, 6.45) is 3.03. The van der Waals surface area contributed by atoms with Crippen molar-refractivity contribution in [1.29, 1.82) is 0 Å². The fraction of sp³-hybridized carbons (Fsp3) is 0.500.